The molecule has 0 amide bonds. The lowest BCUT2D eigenvalue weighted by molar-refractivity contribution is -0.887. The molecule has 0 aliphatic heterocycles. The lowest BCUT2D eigenvalue weighted by Gasteiger charge is -2.31. The number of carbonyl (C=O) groups excluding carboxylic acids is 2. The SMILES string of the molecule is CC/C=C/C/C=C/C/C=C/CC(=O)OCC(COCCC(C(=O)O)[N+](C)(C)C)OC(=O)CCCCCCCCCCCCCCCCCCCCCC. The number of ether oxygens (including phenoxy) is 3. The van der Waals surface area contributed by atoms with Crippen molar-refractivity contribution in [2.45, 2.75) is 193 Å². The van der Waals surface area contributed by atoms with Gasteiger partial charge in [0.25, 0.3) is 0 Å². The zero-order chi connectivity index (χ0) is 39.3. The van der Waals surface area contributed by atoms with Gasteiger partial charge in [0, 0.05) is 12.8 Å². The van der Waals surface area contributed by atoms with E-state index in [1.807, 2.05) is 27.2 Å². The highest BCUT2D eigenvalue weighted by Gasteiger charge is 2.31. The van der Waals surface area contributed by atoms with E-state index in [9.17, 15) is 19.5 Å². The van der Waals surface area contributed by atoms with E-state index in [0.717, 1.165) is 38.5 Å². The summed E-state index contributed by atoms with van der Waals surface area (Å²) in [6.07, 6.45) is 40.9. The number of quaternary nitrogens is 1. The van der Waals surface area contributed by atoms with Crippen LogP contribution in [0.1, 0.15) is 181 Å². The van der Waals surface area contributed by atoms with Crippen molar-refractivity contribution in [3.05, 3.63) is 36.5 Å². The van der Waals surface area contributed by atoms with Crippen molar-refractivity contribution in [2.24, 2.45) is 0 Å². The number of carbonyl (C=O) groups is 3. The first kappa shape index (κ1) is 50.5. The van der Waals surface area contributed by atoms with Crippen molar-refractivity contribution < 1.29 is 38.2 Å². The Morgan fingerprint density at radius 3 is 1.49 bits per heavy atom. The summed E-state index contributed by atoms with van der Waals surface area (Å²) in [5.74, 6) is -1.61. The Hall–Kier alpha value is -2.45. The number of nitrogens with zero attached hydrogens (tertiary/aromatic N) is 1. The summed E-state index contributed by atoms with van der Waals surface area (Å²) in [5.41, 5.74) is 0. The van der Waals surface area contributed by atoms with E-state index in [1.165, 1.54) is 109 Å². The summed E-state index contributed by atoms with van der Waals surface area (Å²) in [7, 11) is 5.50. The molecule has 53 heavy (non-hydrogen) atoms. The highest BCUT2D eigenvalue weighted by atomic mass is 16.6. The molecule has 0 aromatic heterocycles. The molecule has 8 heteroatoms. The van der Waals surface area contributed by atoms with Crippen molar-refractivity contribution in [1.82, 2.24) is 0 Å². The first-order valence-electron chi connectivity index (χ1n) is 21.5. The van der Waals surface area contributed by atoms with Crippen LogP contribution >= 0.6 is 0 Å². The molecule has 308 valence electrons. The summed E-state index contributed by atoms with van der Waals surface area (Å²) in [4.78, 5) is 36.7. The normalized spacial score (nSPS) is 13.3. The third-order valence-corrected chi connectivity index (χ3v) is 9.59. The number of hydrogen-bond acceptors (Lipinski definition) is 6. The van der Waals surface area contributed by atoms with Crippen LogP contribution in [-0.2, 0) is 28.6 Å². The van der Waals surface area contributed by atoms with Crippen LogP contribution in [0.2, 0.25) is 0 Å². The molecule has 0 saturated heterocycles. The second kappa shape index (κ2) is 36.5. The third-order valence-electron chi connectivity index (χ3n) is 9.59. The van der Waals surface area contributed by atoms with Crippen LogP contribution in [-0.4, -0.2) is 80.6 Å². The van der Waals surface area contributed by atoms with Gasteiger partial charge in [-0.25, -0.2) is 4.79 Å². The Morgan fingerprint density at radius 2 is 1.04 bits per heavy atom. The average Bonchev–Trinajstić information content (AvgIpc) is 3.11. The van der Waals surface area contributed by atoms with Crippen LogP contribution in [0.5, 0.6) is 0 Å². The Balaban J connectivity index is 4.27. The molecule has 0 radical (unpaired) electrons. The largest absolute Gasteiger partial charge is 0.477 e. The lowest BCUT2D eigenvalue weighted by atomic mass is 10.0. The van der Waals surface area contributed by atoms with Crippen molar-refractivity contribution >= 4 is 17.9 Å². The standard InChI is InChI=1S/C45H81NO7/c1-6-8-10-12-14-16-17-18-19-20-21-22-23-24-25-26-28-30-32-34-36-44(48)53-41(39-51-38-37-42(45(49)50)46(3,4)5)40-52-43(47)35-33-31-29-27-15-13-11-9-7-2/h9,11,15,27,31,33,41-42H,6-8,10,12-14,16-26,28-30,32,34-40H2,1-5H3/p+1/b11-9+,27-15+,33-31+. The van der Waals surface area contributed by atoms with Gasteiger partial charge < -0.3 is 23.8 Å². The molecular formula is C45H82NO7+. The smallest absolute Gasteiger partial charge is 0.362 e. The number of aliphatic carboxylic acids is 1. The molecule has 0 rings (SSSR count). The quantitative estimate of drug-likeness (QED) is 0.0290. The van der Waals surface area contributed by atoms with Gasteiger partial charge in [0.1, 0.15) is 6.61 Å². The van der Waals surface area contributed by atoms with Crippen LogP contribution in [0.25, 0.3) is 0 Å². The monoisotopic (exact) mass is 749 g/mol. The third kappa shape index (κ3) is 35.0. The van der Waals surface area contributed by atoms with Gasteiger partial charge >= 0.3 is 17.9 Å². The van der Waals surface area contributed by atoms with E-state index in [-0.39, 0.29) is 36.7 Å². The summed E-state index contributed by atoms with van der Waals surface area (Å²) in [6.45, 7) is 4.52. The predicted molar refractivity (Wildman–Crippen MR) is 220 cm³/mol. The van der Waals surface area contributed by atoms with Crippen LogP contribution in [0.4, 0.5) is 0 Å². The summed E-state index contributed by atoms with van der Waals surface area (Å²) < 4.78 is 17.1. The second-order valence-corrected chi connectivity index (χ2v) is 15.6. The number of rotatable bonds is 38. The second-order valence-electron chi connectivity index (χ2n) is 15.6. The molecule has 0 aliphatic rings. The van der Waals surface area contributed by atoms with Gasteiger partial charge in [-0.1, -0.05) is 172 Å². The number of carboxylic acid groups (broad SMARTS) is 1. The Labute approximate surface area is 325 Å². The Kier molecular flexibility index (Phi) is 34.8. The zero-order valence-corrected chi connectivity index (χ0v) is 35.0. The molecule has 0 saturated carbocycles. The minimum Gasteiger partial charge on any atom is -0.477 e. The van der Waals surface area contributed by atoms with E-state index >= 15 is 0 Å². The number of esters is 2. The molecule has 1 N–H and O–H groups in total. The maximum atomic E-state index is 12.7. The van der Waals surface area contributed by atoms with Gasteiger partial charge in [0.15, 0.2) is 12.1 Å². The van der Waals surface area contributed by atoms with E-state index in [0.29, 0.717) is 12.8 Å². The first-order chi connectivity index (χ1) is 25.6. The average molecular weight is 749 g/mol. The first-order valence-corrected chi connectivity index (χ1v) is 21.5. The fraction of sp³-hybridized carbons (Fsp3) is 0.800. The summed E-state index contributed by atoms with van der Waals surface area (Å²) in [6, 6.07) is -0.623. The van der Waals surface area contributed by atoms with Crippen molar-refractivity contribution in [3.63, 3.8) is 0 Å². The maximum absolute atomic E-state index is 12.7. The molecule has 0 aromatic rings. The summed E-state index contributed by atoms with van der Waals surface area (Å²) in [5, 5.41) is 9.59. The van der Waals surface area contributed by atoms with Crippen LogP contribution in [0.3, 0.4) is 0 Å². The molecule has 0 spiro atoms. The van der Waals surface area contributed by atoms with Gasteiger partial charge in [0.2, 0.25) is 0 Å². The van der Waals surface area contributed by atoms with Crippen molar-refractivity contribution in [3.8, 4) is 0 Å². The van der Waals surface area contributed by atoms with Crippen molar-refractivity contribution in [1.29, 1.82) is 0 Å². The van der Waals surface area contributed by atoms with E-state index < -0.39 is 24.1 Å². The molecule has 0 heterocycles. The summed E-state index contributed by atoms with van der Waals surface area (Å²) >= 11 is 0. The number of unbranched alkanes of at least 4 members (excludes halogenated alkanes) is 19. The minimum absolute atomic E-state index is 0.0366. The zero-order valence-electron chi connectivity index (χ0n) is 35.0. The van der Waals surface area contributed by atoms with E-state index in [1.54, 1.807) is 6.08 Å². The Bertz CT molecular complexity index is 968. The Morgan fingerprint density at radius 1 is 0.585 bits per heavy atom. The lowest BCUT2D eigenvalue weighted by Crippen LogP contribution is -2.50. The highest BCUT2D eigenvalue weighted by molar-refractivity contribution is 5.72. The predicted octanol–water partition coefficient (Wildman–Crippen LogP) is 11.5. The van der Waals surface area contributed by atoms with Gasteiger partial charge in [-0.15, -0.1) is 0 Å². The number of hydrogen-bond donors (Lipinski definition) is 1. The molecule has 8 nitrogen and oxygen atoms in total. The van der Waals surface area contributed by atoms with Crippen molar-refractivity contribution in [2.75, 3.05) is 41.0 Å². The van der Waals surface area contributed by atoms with Crippen LogP contribution in [0.15, 0.2) is 36.5 Å². The molecule has 0 aromatic carbocycles. The topological polar surface area (TPSA) is 99.1 Å². The fourth-order valence-electron chi connectivity index (χ4n) is 6.27. The van der Waals surface area contributed by atoms with E-state index in [2.05, 4.69) is 38.2 Å². The molecule has 2 atom stereocenters. The molecule has 0 fully saturated rings. The van der Waals surface area contributed by atoms with Gasteiger partial charge in [-0.2, -0.15) is 0 Å². The number of likely N-dealkylation sites (N-methyl/N-ethyl adjacent to an activating group) is 1. The maximum Gasteiger partial charge on any atom is 0.362 e. The number of allylic oxidation sites excluding steroid dienone is 5. The van der Waals surface area contributed by atoms with Gasteiger partial charge in [-0.05, 0) is 25.7 Å². The minimum atomic E-state index is -0.885. The van der Waals surface area contributed by atoms with Crippen LogP contribution < -0.4 is 0 Å². The highest BCUT2D eigenvalue weighted by Crippen LogP contribution is 2.16. The van der Waals surface area contributed by atoms with E-state index in [4.69, 9.17) is 14.2 Å². The molecule has 0 aliphatic carbocycles. The molecule has 0 bridgehead atoms. The van der Waals surface area contributed by atoms with Gasteiger partial charge in [-0.3, -0.25) is 9.59 Å². The number of carboxylic acids is 1. The molecular weight excluding hydrogens is 666 g/mol. The van der Waals surface area contributed by atoms with Crippen LogP contribution in [0, 0.1) is 0 Å². The molecule has 2 unspecified atom stereocenters. The fourth-order valence-corrected chi connectivity index (χ4v) is 6.27. The van der Waals surface area contributed by atoms with Gasteiger partial charge in [0.05, 0.1) is 40.8 Å².